The summed E-state index contributed by atoms with van der Waals surface area (Å²) in [5, 5.41) is 0.762. The van der Waals surface area contributed by atoms with Crippen molar-refractivity contribution < 1.29 is 4.74 Å². The van der Waals surface area contributed by atoms with Crippen LogP contribution < -0.4 is 4.74 Å². The van der Waals surface area contributed by atoms with Crippen molar-refractivity contribution in [2.24, 2.45) is 0 Å². The van der Waals surface area contributed by atoms with Crippen molar-refractivity contribution in [3.8, 4) is 5.19 Å². The second kappa shape index (κ2) is 4.59. The van der Waals surface area contributed by atoms with Gasteiger partial charge < -0.3 is 9.64 Å². The van der Waals surface area contributed by atoms with E-state index in [0.717, 1.165) is 17.3 Å². The molecule has 0 aliphatic carbocycles. The van der Waals surface area contributed by atoms with E-state index in [0.29, 0.717) is 6.61 Å². The molecule has 0 atom stereocenters. The smallest absolute Gasteiger partial charge is 0.274 e. The molecule has 0 amide bonds. The Morgan fingerprint density at radius 3 is 2.87 bits per heavy atom. The molecule has 0 bridgehead atoms. The van der Waals surface area contributed by atoms with Gasteiger partial charge in [0.05, 0.1) is 10.2 Å². The molecule has 0 fully saturated rings. The Morgan fingerprint density at radius 2 is 2.13 bits per heavy atom. The molecule has 0 N–H and O–H groups in total. The van der Waals surface area contributed by atoms with Gasteiger partial charge in [0, 0.05) is 6.54 Å². The number of aromatic nitrogens is 1. The third-order valence-electron chi connectivity index (χ3n) is 2.04. The first-order chi connectivity index (χ1) is 7.25. The Morgan fingerprint density at radius 1 is 1.33 bits per heavy atom. The van der Waals surface area contributed by atoms with Crippen LogP contribution in [0.1, 0.15) is 0 Å². The Bertz CT molecular complexity index is 406. The number of thiazole rings is 1. The van der Waals surface area contributed by atoms with Gasteiger partial charge in [0.1, 0.15) is 6.61 Å². The Balaban J connectivity index is 2.03. The van der Waals surface area contributed by atoms with E-state index in [2.05, 4.69) is 16.0 Å². The second-order valence-electron chi connectivity index (χ2n) is 3.60. The Labute approximate surface area is 93.3 Å². The second-order valence-corrected chi connectivity index (χ2v) is 4.59. The molecule has 0 saturated heterocycles. The summed E-state index contributed by atoms with van der Waals surface area (Å²) in [5.41, 5.74) is 1.02. The monoisotopic (exact) mass is 222 g/mol. The summed E-state index contributed by atoms with van der Waals surface area (Å²) in [5.74, 6) is 0. The van der Waals surface area contributed by atoms with Gasteiger partial charge in [0.15, 0.2) is 0 Å². The molecule has 2 aromatic rings. The third-order valence-corrected chi connectivity index (χ3v) is 2.99. The van der Waals surface area contributed by atoms with Gasteiger partial charge in [-0.3, -0.25) is 0 Å². The number of fused-ring (bicyclic) bond motifs is 1. The molecule has 15 heavy (non-hydrogen) atoms. The first-order valence-electron chi connectivity index (χ1n) is 4.89. The molecule has 80 valence electrons. The molecule has 1 aromatic heterocycles. The van der Waals surface area contributed by atoms with Crippen molar-refractivity contribution in [2.45, 2.75) is 0 Å². The summed E-state index contributed by atoms with van der Waals surface area (Å²) in [6.45, 7) is 1.60. The van der Waals surface area contributed by atoms with Crippen LogP contribution in [-0.2, 0) is 0 Å². The molecule has 2 rings (SSSR count). The number of likely N-dealkylation sites (N-methyl/N-ethyl adjacent to an activating group) is 1. The zero-order valence-corrected chi connectivity index (χ0v) is 9.75. The fraction of sp³-hybridized carbons (Fsp3) is 0.364. The molecule has 3 nitrogen and oxygen atoms in total. The van der Waals surface area contributed by atoms with E-state index in [-0.39, 0.29) is 0 Å². The topological polar surface area (TPSA) is 25.4 Å². The maximum absolute atomic E-state index is 5.57. The summed E-state index contributed by atoms with van der Waals surface area (Å²) < 4.78 is 6.75. The molecule has 1 heterocycles. The zero-order chi connectivity index (χ0) is 10.7. The summed E-state index contributed by atoms with van der Waals surface area (Å²) in [7, 11) is 4.06. The van der Waals surface area contributed by atoms with Gasteiger partial charge in [-0.1, -0.05) is 23.5 Å². The van der Waals surface area contributed by atoms with Crippen LogP contribution in [0, 0.1) is 0 Å². The maximum atomic E-state index is 5.57. The van der Waals surface area contributed by atoms with E-state index in [1.165, 1.54) is 4.70 Å². The van der Waals surface area contributed by atoms with Gasteiger partial charge in [-0.2, -0.15) is 0 Å². The standard InChI is InChI=1S/C11H14N2OS/c1-13(2)7-8-14-11-12-9-5-3-4-6-10(9)15-11/h3-6H,7-8H2,1-2H3. The van der Waals surface area contributed by atoms with Crippen molar-refractivity contribution >= 4 is 21.6 Å². The summed E-state index contributed by atoms with van der Waals surface area (Å²) in [6.07, 6.45) is 0. The van der Waals surface area contributed by atoms with Gasteiger partial charge in [0.2, 0.25) is 0 Å². The molecular formula is C11H14N2OS. The van der Waals surface area contributed by atoms with E-state index >= 15 is 0 Å². The van der Waals surface area contributed by atoms with Crippen molar-refractivity contribution in [1.82, 2.24) is 9.88 Å². The van der Waals surface area contributed by atoms with E-state index in [4.69, 9.17) is 4.74 Å². The fourth-order valence-electron chi connectivity index (χ4n) is 1.23. The lowest BCUT2D eigenvalue weighted by Crippen LogP contribution is -2.19. The minimum absolute atomic E-state index is 0.687. The summed E-state index contributed by atoms with van der Waals surface area (Å²) in [6, 6.07) is 8.08. The van der Waals surface area contributed by atoms with Crippen molar-refractivity contribution in [3.05, 3.63) is 24.3 Å². The lowest BCUT2D eigenvalue weighted by atomic mass is 10.3. The third kappa shape index (κ3) is 2.67. The minimum atomic E-state index is 0.687. The lowest BCUT2D eigenvalue weighted by Gasteiger charge is -2.08. The zero-order valence-electron chi connectivity index (χ0n) is 8.93. The average Bonchev–Trinajstić information content (AvgIpc) is 2.59. The van der Waals surface area contributed by atoms with E-state index < -0.39 is 0 Å². The minimum Gasteiger partial charge on any atom is -0.469 e. The Kier molecular flexibility index (Phi) is 3.18. The van der Waals surface area contributed by atoms with Crippen molar-refractivity contribution in [3.63, 3.8) is 0 Å². The molecule has 0 aliphatic rings. The maximum Gasteiger partial charge on any atom is 0.274 e. The van der Waals surface area contributed by atoms with Gasteiger partial charge in [-0.05, 0) is 26.2 Å². The lowest BCUT2D eigenvalue weighted by molar-refractivity contribution is 0.261. The number of hydrogen-bond donors (Lipinski definition) is 0. The molecule has 0 radical (unpaired) electrons. The number of rotatable bonds is 4. The van der Waals surface area contributed by atoms with Crippen molar-refractivity contribution in [2.75, 3.05) is 27.2 Å². The predicted molar refractivity (Wildman–Crippen MR) is 63.7 cm³/mol. The van der Waals surface area contributed by atoms with E-state index in [1.807, 2.05) is 32.3 Å². The van der Waals surface area contributed by atoms with Crippen molar-refractivity contribution in [1.29, 1.82) is 0 Å². The molecule has 1 aromatic carbocycles. The van der Waals surface area contributed by atoms with Crippen LogP contribution in [0.4, 0.5) is 0 Å². The van der Waals surface area contributed by atoms with Crippen LogP contribution in [0.2, 0.25) is 0 Å². The van der Waals surface area contributed by atoms with Crippen LogP contribution in [0.5, 0.6) is 5.19 Å². The summed E-state index contributed by atoms with van der Waals surface area (Å²) in [4.78, 5) is 6.48. The number of hydrogen-bond acceptors (Lipinski definition) is 4. The highest BCUT2D eigenvalue weighted by atomic mass is 32.1. The van der Waals surface area contributed by atoms with Crippen LogP contribution in [-0.4, -0.2) is 37.1 Å². The largest absolute Gasteiger partial charge is 0.469 e. The molecule has 0 unspecified atom stereocenters. The van der Waals surface area contributed by atoms with E-state index in [1.54, 1.807) is 11.3 Å². The molecule has 0 spiro atoms. The fourth-order valence-corrected chi connectivity index (χ4v) is 2.07. The normalized spacial score (nSPS) is 11.1. The van der Waals surface area contributed by atoms with Crippen LogP contribution in [0.25, 0.3) is 10.2 Å². The highest BCUT2D eigenvalue weighted by molar-refractivity contribution is 7.20. The number of para-hydroxylation sites is 1. The van der Waals surface area contributed by atoms with Gasteiger partial charge in [0.25, 0.3) is 5.19 Å². The number of nitrogens with zero attached hydrogens (tertiary/aromatic N) is 2. The first kappa shape index (κ1) is 10.4. The van der Waals surface area contributed by atoms with Crippen LogP contribution in [0.3, 0.4) is 0 Å². The molecular weight excluding hydrogens is 208 g/mol. The van der Waals surface area contributed by atoms with Gasteiger partial charge in [-0.25, -0.2) is 4.98 Å². The molecule has 0 saturated carbocycles. The molecule has 0 aliphatic heterocycles. The first-order valence-corrected chi connectivity index (χ1v) is 5.70. The van der Waals surface area contributed by atoms with Gasteiger partial charge in [-0.15, -0.1) is 0 Å². The quantitative estimate of drug-likeness (QED) is 0.793. The number of ether oxygens (including phenoxy) is 1. The highest BCUT2D eigenvalue weighted by Gasteiger charge is 2.03. The summed E-state index contributed by atoms with van der Waals surface area (Å²) >= 11 is 1.60. The Hall–Kier alpha value is -1.13. The average molecular weight is 222 g/mol. The van der Waals surface area contributed by atoms with Gasteiger partial charge >= 0.3 is 0 Å². The highest BCUT2D eigenvalue weighted by Crippen LogP contribution is 2.26. The van der Waals surface area contributed by atoms with Crippen LogP contribution >= 0.6 is 11.3 Å². The predicted octanol–water partition coefficient (Wildman–Crippen LogP) is 2.24. The number of benzene rings is 1. The van der Waals surface area contributed by atoms with Crippen LogP contribution in [0.15, 0.2) is 24.3 Å². The molecule has 4 heteroatoms. The SMILES string of the molecule is CN(C)CCOc1nc2ccccc2s1. The van der Waals surface area contributed by atoms with E-state index in [9.17, 15) is 0 Å².